The Balaban J connectivity index is 1.69. The van der Waals surface area contributed by atoms with Crippen LogP contribution in [0.2, 0.25) is 0 Å². The molecule has 1 heterocycles. The van der Waals surface area contributed by atoms with E-state index in [1.165, 1.54) is 18.7 Å². The Morgan fingerprint density at radius 2 is 1.76 bits per heavy atom. The topological polar surface area (TPSA) is 125 Å². The van der Waals surface area contributed by atoms with E-state index in [0.717, 1.165) is 31.4 Å². The molecule has 3 rings (SSSR count). The largest absolute Gasteiger partial charge is 0.351 e. The van der Waals surface area contributed by atoms with Crippen LogP contribution in [0.1, 0.15) is 69.3 Å². The maximum Gasteiger partial charge on any atom is 0.290 e. The molecule has 0 radical (unpaired) electrons. The number of aromatic nitrogens is 1. The second-order valence-electron chi connectivity index (χ2n) is 8.99. The van der Waals surface area contributed by atoms with Crippen molar-refractivity contribution in [3.63, 3.8) is 0 Å². The first-order chi connectivity index (χ1) is 16.5. The molecular weight excluding hydrogens is 434 g/mol. The van der Waals surface area contributed by atoms with Gasteiger partial charge in [-0.05, 0) is 30.4 Å². The molecule has 0 unspecified atom stereocenters. The van der Waals surface area contributed by atoms with Crippen LogP contribution >= 0.6 is 0 Å². The van der Waals surface area contributed by atoms with Gasteiger partial charge in [-0.25, -0.2) is 0 Å². The van der Waals surface area contributed by atoms with Gasteiger partial charge in [0.15, 0.2) is 0 Å². The first-order valence-corrected chi connectivity index (χ1v) is 12.1. The van der Waals surface area contributed by atoms with Crippen LogP contribution < -0.4 is 21.5 Å². The standard InChI is InChI=1S/C25H35N5O4/c1-3-17(2)22(25(33)30-29-19-12-8-5-9-13-19)28-23(31)20(16-18-10-6-4-7-11-18)27-24(32)21-14-15-26-34-21/h5,8-9,12-15,17-18,20,22,29H,3-4,6-7,10-11,16H2,1-2H3,(H,27,32)(H,28,31)(H,30,33)/t17-,20-,22-/m0/s1. The Labute approximate surface area is 200 Å². The van der Waals surface area contributed by atoms with Gasteiger partial charge in [0.25, 0.3) is 11.8 Å². The van der Waals surface area contributed by atoms with E-state index < -0.39 is 18.0 Å². The highest BCUT2D eigenvalue weighted by Crippen LogP contribution is 2.27. The number of hydrogen-bond acceptors (Lipinski definition) is 6. The van der Waals surface area contributed by atoms with E-state index in [9.17, 15) is 14.4 Å². The summed E-state index contributed by atoms with van der Waals surface area (Å²) in [6, 6.07) is 9.17. The van der Waals surface area contributed by atoms with Crippen molar-refractivity contribution in [2.24, 2.45) is 11.8 Å². The first kappa shape index (κ1) is 25.3. The number of amides is 3. The molecule has 0 spiro atoms. The lowest BCUT2D eigenvalue weighted by atomic mass is 9.84. The summed E-state index contributed by atoms with van der Waals surface area (Å²) in [7, 11) is 0. The predicted octanol–water partition coefficient (Wildman–Crippen LogP) is 3.42. The van der Waals surface area contributed by atoms with E-state index in [1.807, 2.05) is 44.2 Å². The molecule has 0 aliphatic heterocycles. The van der Waals surface area contributed by atoms with Gasteiger partial charge >= 0.3 is 0 Å². The second-order valence-corrected chi connectivity index (χ2v) is 8.99. The average molecular weight is 470 g/mol. The molecule has 2 aromatic rings. The number of rotatable bonds is 11. The molecule has 1 aromatic carbocycles. The van der Waals surface area contributed by atoms with Crippen molar-refractivity contribution in [2.45, 2.75) is 70.9 Å². The number of anilines is 1. The lowest BCUT2D eigenvalue weighted by Crippen LogP contribution is -2.56. The molecule has 1 aliphatic rings. The summed E-state index contributed by atoms with van der Waals surface area (Å²) >= 11 is 0. The van der Waals surface area contributed by atoms with Gasteiger partial charge in [0.05, 0.1) is 11.9 Å². The second kappa shape index (κ2) is 12.8. The van der Waals surface area contributed by atoms with E-state index in [4.69, 9.17) is 4.52 Å². The van der Waals surface area contributed by atoms with Crippen LogP contribution in [0.5, 0.6) is 0 Å². The summed E-state index contributed by atoms with van der Waals surface area (Å²) in [5.41, 5.74) is 6.31. The summed E-state index contributed by atoms with van der Waals surface area (Å²) < 4.78 is 4.95. The fourth-order valence-corrected chi connectivity index (χ4v) is 4.24. The zero-order valence-corrected chi connectivity index (χ0v) is 19.9. The van der Waals surface area contributed by atoms with Crippen molar-refractivity contribution in [2.75, 3.05) is 5.43 Å². The number of hydrazine groups is 1. The number of para-hydroxylation sites is 1. The Morgan fingerprint density at radius 1 is 1.03 bits per heavy atom. The third-order valence-corrected chi connectivity index (χ3v) is 6.47. The molecule has 1 aliphatic carbocycles. The molecule has 0 saturated heterocycles. The van der Waals surface area contributed by atoms with Crippen LogP contribution in [-0.4, -0.2) is 35.0 Å². The maximum absolute atomic E-state index is 13.4. The van der Waals surface area contributed by atoms with E-state index in [-0.39, 0.29) is 23.5 Å². The Kier molecular flexibility index (Phi) is 9.49. The molecule has 9 heteroatoms. The van der Waals surface area contributed by atoms with Gasteiger partial charge in [-0.2, -0.15) is 0 Å². The zero-order chi connectivity index (χ0) is 24.3. The van der Waals surface area contributed by atoms with E-state index in [1.54, 1.807) is 0 Å². The summed E-state index contributed by atoms with van der Waals surface area (Å²) in [5.74, 6) is -0.937. The summed E-state index contributed by atoms with van der Waals surface area (Å²) in [6.45, 7) is 3.88. The number of benzene rings is 1. The maximum atomic E-state index is 13.4. The van der Waals surface area contributed by atoms with Crippen LogP contribution in [0.15, 0.2) is 47.1 Å². The number of hydrogen-bond donors (Lipinski definition) is 4. The molecule has 3 atom stereocenters. The summed E-state index contributed by atoms with van der Waals surface area (Å²) in [6.07, 6.45) is 8.09. The van der Waals surface area contributed by atoms with Crippen LogP contribution in [0.3, 0.4) is 0 Å². The molecule has 1 fully saturated rings. The van der Waals surface area contributed by atoms with Crippen LogP contribution in [0.25, 0.3) is 0 Å². The number of carbonyl (C=O) groups is 3. The number of nitrogens with one attached hydrogen (secondary N) is 4. The third kappa shape index (κ3) is 7.33. The molecule has 1 saturated carbocycles. The van der Waals surface area contributed by atoms with Gasteiger partial charge in [-0.15, -0.1) is 0 Å². The van der Waals surface area contributed by atoms with Gasteiger partial charge in [0, 0.05) is 6.07 Å². The van der Waals surface area contributed by atoms with Crippen molar-refractivity contribution >= 4 is 23.4 Å². The normalized spacial score (nSPS) is 16.6. The molecule has 3 amide bonds. The highest BCUT2D eigenvalue weighted by molar-refractivity contribution is 5.96. The van der Waals surface area contributed by atoms with Crippen LogP contribution in [0, 0.1) is 11.8 Å². The van der Waals surface area contributed by atoms with Crippen molar-refractivity contribution in [3.05, 3.63) is 48.4 Å². The average Bonchev–Trinajstić information content (AvgIpc) is 3.41. The lowest BCUT2D eigenvalue weighted by Gasteiger charge is -2.29. The van der Waals surface area contributed by atoms with E-state index in [2.05, 4.69) is 26.6 Å². The fraction of sp³-hybridized carbons (Fsp3) is 0.520. The minimum atomic E-state index is -0.776. The zero-order valence-electron chi connectivity index (χ0n) is 19.9. The van der Waals surface area contributed by atoms with Gasteiger partial charge in [-0.3, -0.25) is 25.2 Å². The number of carbonyl (C=O) groups excluding carboxylic acids is 3. The van der Waals surface area contributed by atoms with Gasteiger partial charge in [0.2, 0.25) is 11.7 Å². The van der Waals surface area contributed by atoms with Gasteiger partial charge in [0.1, 0.15) is 12.1 Å². The van der Waals surface area contributed by atoms with Crippen LogP contribution in [0.4, 0.5) is 5.69 Å². The van der Waals surface area contributed by atoms with Gasteiger partial charge < -0.3 is 15.2 Å². The molecule has 4 N–H and O–H groups in total. The summed E-state index contributed by atoms with van der Waals surface area (Å²) in [5, 5.41) is 9.25. The Hall–Kier alpha value is -3.36. The Bertz CT molecular complexity index is 913. The van der Waals surface area contributed by atoms with Crippen molar-refractivity contribution < 1.29 is 18.9 Å². The molecule has 1 aromatic heterocycles. The lowest BCUT2D eigenvalue weighted by molar-refractivity contribution is -0.131. The van der Waals surface area contributed by atoms with Crippen molar-refractivity contribution in [1.29, 1.82) is 0 Å². The van der Waals surface area contributed by atoms with Crippen molar-refractivity contribution in [3.8, 4) is 0 Å². The van der Waals surface area contributed by atoms with Crippen LogP contribution in [-0.2, 0) is 9.59 Å². The Morgan fingerprint density at radius 3 is 2.41 bits per heavy atom. The van der Waals surface area contributed by atoms with E-state index in [0.29, 0.717) is 18.8 Å². The monoisotopic (exact) mass is 469 g/mol. The quantitative estimate of drug-likeness (QED) is 0.374. The minimum absolute atomic E-state index is 0.0460. The summed E-state index contributed by atoms with van der Waals surface area (Å²) in [4.78, 5) is 39.0. The predicted molar refractivity (Wildman–Crippen MR) is 129 cm³/mol. The molecule has 0 bridgehead atoms. The molecule has 184 valence electrons. The fourth-order valence-electron chi connectivity index (χ4n) is 4.24. The SMILES string of the molecule is CC[C@H](C)[C@H](NC(=O)[C@H](CC1CCCCC1)NC(=O)c1ccno1)C(=O)NNc1ccccc1. The molecule has 34 heavy (non-hydrogen) atoms. The first-order valence-electron chi connectivity index (χ1n) is 12.1. The van der Waals surface area contributed by atoms with Crippen molar-refractivity contribution in [1.82, 2.24) is 21.2 Å². The third-order valence-electron chi connectivity index (χ3n) is 6.47. The minimum Gasteiger partial charge on any atom is -0.351 e. The molecular formula is C25H35N5O4. The van der Waals surface area contributed by atoms with E-state index >= 15 is 0 Å². The van der Waals surface area contributed by atoms with Gasteiger partial charge in [-0.1, -0.05) is 75.7 Å². The highest BCUT2D eigenvalue weighted by atomic mass is 16.5. The molecule has 9 nitrogen and oxygen atoms in total. The smallest absolute Gasteiger partial charge is 0.290 e. The highest BCUT2D eigenvalue weighted by Gasteiger charge is 2.32. The number of nitrogens with zero attached hydrogens (tertiary/aromatic N) is 1.